The summed E-state index contributed by atoms with van der Waals surface area (Å²) in [5, 5.41) is 18.0. The lowest BCUT2D eigenvalue weighted by molar-refractivity contribution is 0.0692. The summed E-state index contributed by atoms with van der Waals surface area (Å²) in [5.74, 6) is -1.06. The van der Waals surface area contributed by atoms with Gasteiger partial charge in [-0.15, -0.1) is 10.2 Å². The number of carboxylic acid groups (broad SMARTS) is 1. The Balaban J connectivity index is 2.17. The van der Waals surface area contributed by atoms with Gasteiger partial charge in [-0.25, -0.2) is 9.78 Å². The summed E-state index contributed by atoms with van der Waals surface area (Å²) in [6, 6.07) is 8.55. The Morgan fingerprint density at radius 3 is 2.74 bits per heavy atom. The van der Waals surface area contributed by atoms with Gasteiger partial charge in [0.25, 0.3) is 0 Å². The summed E-state index contributed by atoms with van der Waals surface area (Å²) in [5.41, 5.74) is 1.51. The van der Waals surface area contributed by atoms with Gasteiger partial charge in [-0.3, -0.25) is 4.40 Å². The third-order valence-electron chi connectivity index (χ3n) is 3.21. The average Bonchev–Trinajstić information content (AvgIpc) is 2.89. The number of imidazole rings is 1. The van der Waals surface area contributed by atoms with Crippen molar-refractivity contribution in [3.8, 4) is 0 Å². The lowest BCUT2D eigenvalue weighted by Crippen LogP contribution is -1.96. The first-order chi connectivity index (χ1) is 11.0. The van der Waals surface area contributed by atoms with Crippen molar-refractivity contribution in [2.75, 3.05) is 0 Å². The van der Waals surface area contributed by atoms with Gasteiger partial charge >= 0.3 is 5.97 Å². The molecule has 3 rings (SSSR count). The van der Waals surface area contributed by atoms with Gasteiger partial charge in [-0.2, -0.15) is 0 Å². The molecule has 0 saturated heterocycles. The summed E-state index contributed by atoms with van der Waals surface area (Å²) >= 11 is 12.0. The van der Waals surface area contributed by atoms with Crippen LogP contribution in [0.15, 0.2) is 46.8 Å². The molecule has 8 heteroatoms. The number of hydrogen-bond donors (Lipinski definition) is 1. The van der Waals surface area contributed by atoms with Crippen molar-refractivity contribution in [3.05, 3.63) is 57.8 Å². The minimum atomic E-state index is -1.18. The number of rotatable bonds is 3. The van der Waals surface area contributed by atoms with Gasteiger partial charge in [-0.1, -0.05) is 35.3 Å². The number of halogens is 2. The Morgan fingerprint density at radius 1 is 1.22 bits per heavy atom. The predicted octanol–water partition coefficient (Wildman–Crippen LogP) is 5.06. The Kier molecular flexibility index (Phi) is 4.02. The summed E-state index contributed by atoms with van der Waals surface area (Å²) in [7, 11) is 0. The first-order valence-corrected chi connectivity index (χ1v) is 7.31. The summed E-state index contributed by atoms with van der Waals surface area (Å²) in [6.45, 7) is 1.84. The van der Waals surface area contributed by atoms with Crippen LogP contribution in [0.3, 0.4) is 0 Å². The van der Waals surface area contributed by atoms with E-state index in [0.29, 0.717) is 16.4 Å². The maximum atomic E-state index is 11.4. The van der Waals surface area contributed by atoms with Gasteiger partial charge in [0.2, 0.25) is 0 Å². The number of benzene rings is 1. The molecule has 0 spiro atoms. The van der Waals surface area contributed by atoms with E-state index in [1.54, 1.807) is 34.9 Å². The Hall–Kier alpha value is -2.44. The van der Waals surface area contributed by atoms with Crippen molar-refractivity contribution in [2.45, 2.75) is 6.92 Å². The van der Waals surface area contributed by atoms with Crippen LogP contribution in [0.1, 0.15) is 16.1 Å². The number of aromatic carboxylic acids is 1. The molecule has 116 valence electrons. The van der Waals surface area contributed by atoms with Crippen molar-refractivity contribution in [1.29, 1.82) is 0 Å². The molecule has 2 heterocycles. The summed E-state index contributed by atoms with van der Waals surface area (Å²) < 4.78 is 1.57. The number of aromatic nitrogens is 2. The highest BCUT2D eigenvalue weighted by atomic mass is 35.5. The van der Waals surface area contributed by atoms with Crippen LogP contribution in [-0.4, -0.2) is 20.5 Å². The van der Waals surface area contributed by atoms with Gasteiger partial charge in [-0.05, 0) is 30.7 Å². The van der Waals surface area contributed by atoms with Crippen molar-refractivity contribution >= 4 is 46.3 Å². The van der Waals surface area contributed by atoms with E-state index in [-0.39, 0.29) is 16.5 Å². The molecule has 0 fully saturated rings. The van der Waals surface area contributed by atoms with E-state index < -0.39 is 5.97 Å². The quantitative estimate of drug-likeness (QED) is 0.671. The van der Waals surface area contributed by atoms with E-state index >= 15 is 0 Å². The van der Waals surface area contributed by atoms with Crippen LogP contribution in [0.4, 0.5) is 11.5 Å². The van der Waals surface area contributed by atoms with Crippen LogP contribution in [0.5, 0.6) is 0 Å². The standard InChI is InChI=1S/C15H10Cl2N4O2/c1-8-4-3-7-21-13(8)18-12(15(22)23)14(21)20-19-10-6-2-5-9(16)11(10)17/h2-7H,1H3,(H,22,23). The number of carbonyl (C=O) groups is 1. The van der Waals surface area contributed by atoms with Crippen molar-refractivity contribution in [1.82, 2.24) is 9.38 Å². The molecule has 3 aromatic rings. The smallest absolute Gasteiger partial charge is 0.358 e. The minimum Gasteiger partial charge on any atom is -0.476 e. The molecular weight excluding hydrogens is 339 g/mol. The number of aryl methyl sites for hydroxylation is 1. The number of hydrogen-bond acceptors (Lipinski definition) is 4. The topological polar surface area (TPSA) is 79.3 Å². The monoisotopic (exact) mass is 348 g/mol. The maximum absolute atomic E-state index is 11.4. The number of carboxylic acids is 1. The van der Waals surface area contributed by atoms with E-state index in [4.69, 9.17) is 23.2 Å². The predicted molar refractivity (Wildman–Crippen MR) is 87.5 cm³/mol. The van der Waals surface area contributed by atoms with E-state index in [1.807, 2.05) is 13.0 Å². The normalized spacial score (nSPS) is 11.4. The molecule has 2 aromatic heterocycles. The second-order valence-electron chi connectivity index (χ2n) is 4.75. The molecule has 23 heavy (non-hydrogen) atoms. The molecule has 6 nitrogen and oxygen atoms in total. The minimum absolute atomic E-state index is 0.118. The molecule has 0 atom stereocenters. The van der Waals surface area contributed by atoms with Crippen molar-refractivity contribution in [3.63, 3.8) is 0 Å². The van der Waals surface area contributed by atoms with Crippen LogP contribution in [-0.2, 0) is 0 Å². The molecule has 0 aliphatic carbocycles. The maximum Gasteiger partial charge on any atom is 0.358 e. The van der Waals surface area contributed by atoms with Crippen LogP contribution in [0.2, 0.25) is 10.0 Å². The Bertz CT molecular complexity index is 950. The largest absolute Gasteiger partial charge is 0.476 e. The SMILES string of the molecule is Cc1cccn2c(N=Nc3cccc(Cl)c3Cl)c(C(=O)O)nc12. The fraction of sp³-hybridized carbons (Fsp3) is 0.0667. The summed E-state index contributed by atoms with van der Waals surface area (Å²) in [4.78, 5) is 15.5. The zero-order valence-corrected chi connectivity index (χ0v) is 13.4. The molecule has 1 aromatic carbocycles. The van der Waals surface area contributed by atoms with Crippen LogP contribution in [0.25, 0.3) is 5.65 Å². The van der Waals surface area contributed by atoms with Crippen LogP contribution >= 0.6 is 23.2 Å². The van der Waals surface area contributed by atoms with E-state index in [2.05, 4.69) is 15.2 Å². The average molecular weight is 349 g/mol. The Labute approximate surface area is 141 Å². The third kappa shape index (κ3) is 2.78. The highest BCUT2D eigenvalue weighted by Crippen LogP contribution is 2.33. The zero-order valence-electron chi connectivity index (χ0n) is 11.9. The van der Waals surface area contributed by atoms with E-state index in [1.165, 1.54) is 0 Å². The lowest BCUT2D eigenvalue weighted by atomic mass is 10.3. The van der Waals surface area contributed by atoms with Crippen LogP contribution < -0.4 is 0 Å². The molecule has 0 radical (unpaired) electrons. The Morgan fingerprint density at radius 2 is 2.00 bits per heavy atom. The summed E-state index contributed by atoms with van der Waals surface area (Å²) in [6.07, 6.45) is 1.68. The third-order valence-corrected chi connectivity index (χ3v) is 4.02. The number of fused-ring (bicyclic) bond motifs is 1. The second-order valence-corrected chi connectivity index (χ2v) is 5.53. The second kappa shape index (κ2) is 5.98. The number of azo groups is 1. The van der Waals surface area contributed by atoms with Gasteiger partial charge in [0.05, 0.1) is 10.0 Å². The molecule has 0 saturated carbocycles. The van der Waals surface area contributed by atoms with E-state index in [0.717, 1.165) is 5.56 Å². The van der Waals surface area contributed by atoms with Crippen molar-refractivity contribution < 1.29 is 9.90 Å². The molecule has 0 aliphatic rings. The highest BCUT2D eigenvalue weighted by Gasteiger charge is 2.19. The van der Waals surface area contributed by atoms with Crippen LogP contribution in [0, 0.1) is 6.92 Å². The van der Waals surface area contributed by atoms with Crippen molar-refractivity contribution in [2.24, 2.45) is 10.2 Å². The molecular formula is C15H10Cl2N4O2. The fourth-order valence-electron chi connectivity index (χ4n) is 2.10. The van der Waals surface area contributed by atoms with Gasteiger partial charge < -0.3 is 5.11 Å². The molecule has 1 N–H and O–H groups in total. The van der Waals surface area contributed by atoms with Gasteiger partial charge in [0.15, 0.2) is 11.5 Å². The zero-order chi connectivity index (χ0) is 16.6. The molecule has 0 amide bonds. The molecule has 0 unspecified atom stereocenters. The number of nitrogens with zero attached hydrogens (tertiary/aromatic N) is 4. The number of pyridine rings is 1. The molecule has 0 bridgehead atoms. The van der Waals surface area contributed by atoms with E-state index in [9.17, 15) is 9.90 Å². The first-order valence-electron chi connectivity index (χ1n) is 6.55. The highest BCUT2D eigenvalue weighted by molar-refractivity contribution is 6.43. The molecule has 0 aliphatic heterocycles. The van der Waals surface area contributed by atoms with Gasteiger partial charge in [0, 0.05) is 6.20 Å². The fourth-order valence-corrected chi connectivity index (χ4v) is 2.43. The first kappa shape index (κ1) is 15.5. The lowest BCUT2D eigenvalue weighted by Gasteiger charge is -2.00. The van der Waals surface area contributed by atoms with Gasteiger partial charge in [0.1, 0.15) is 11.3 Å².